The van der Waals surface area contributed by atoms with Crippen molar-refractivity contribution in [3.05, 3.63) is 0 Å². The number of nitrogens with two attached hydrogens (primary N) is 1. The third-order valence-corrected chi connectivity index (χ3v) is 5.82. The van der Waals surface area contributed by atoms with Crippen LogP contribution >= 0.6 is 0 Å². The van der Waals surface area contributed by atoms with Gasteiger partial charge in [0.25, 0.3) is 0 Å². The van der Waals surface area contributed by atoms with E-state index in [-0.39, 0.29) is 11.3 Å². The molecular formula is C12H26N2O2S. The molecule has 1 fully saturated rings. The lowest BCUT2D eigenvalue weighted by Gasteiger charge is -2.38. The average Bonchev–Trinajstić information content (AvgIpc) is 2.29. The molecule has 0 aromatic rings. The van der Waals surface area contributed by atoms with E-state index in [1.54, 1.807) is 0 Å². The first kappa shape index (κ1) is 14.9. The molecule has 1 atom stereocenters. The van der Waals surface area contributed by atoms with E-state index in [9.17, 15) is 8.42 Å². The molecule has 0 bridgehead atoms. The van der Waals surface area contributed by atoms with Crippen LogP contribution in [0.25, 0.3) is 0 Å². The first-order valence-corrected chi connectivity index (χ1v) is 8.44. The van der Waals surface area contributed by atoms with E-state index in [2.05, 4.69) is 19.2 Å². The molecule has 1 unspecified atom stereocenters. The second kappa shape index (κ2) is 6.16. The smallest absolute Gasteiger partial charge is 0.152 e. The highest BCUT2D eigenvalue weighted by atomic mass is 32.2. The average molecular weight is 262 g/mol. The molecule has 1 saturated heterocycles. The molecule has 0 saturated carbocycles. The first-order chi connectivity index (χ1) is 7.97. The lowest BCUT2D eigenvalue weighted by Crippen LogP contribution is -2.59. The van der Waals surface area contributed by atoms with Gasteiger partial charge in [0.2, 0.25) is 0 Å². The second-order valence-electron chi connectivity index (χ2n) is 5.24. The molecule has 0 radical (unpaired) electrons. The van der Waals surface area contributed by atoms with Crippen molar-refractivity contribution in [1.82, 2.24) is 5.32 Å². The van der Waals surface area contributed by atoms with Gasteiger partial charge in [-0.3, -0.25) is 0 Å². The van der Waals surface area contributed by atoms with Gasteiger partial charge >= 0.3 is 0 Å². The number of rotatable bonds is 6. The topological polar surface area (TPSA) is 72.2 Å². The fraction of sp³-hybridized carbons (Fsp3) is 1.00. The first-order valence-electron chi connectivity index (χ1n) is 6.62. The van der Waals surface area contributed by atoms with Gasteiger partial charge in [-0.05, 0) is 25.3 Å². The van der Waals surface area contributed by atoms with E-state index in [0.29, 0.717) is 18.2 Å². The Morgan fingerprint density at radius 3 is 2.47 bits per heavy atom. The van der Waals surface area contributed by atoms with Crippen LogP contribution in [-0.4, -0.2) is 38.6 Å². The zero-order chi connectivity index (χ0) is 12.9. The van der Waals surface area contributed by atoms with Crippen LogP contribution in [0.15, 0.2) is 0 Å². The summed E-state index contributed by atoms with van der Waals surface area (Å²) in [4.78, 5) is 0. The van der Waals surface area contributed by atoms with E-state index in [1.807, 2.05) is 0 Å². The van der Waals surface area contributed by atoms with E-state index in [0.717, 1.165) is 32.2 Å². The quantitative estimate of drug-likeness (QED) is 0.746. The van der Waals surface area contributed by atoms with Crippen molar-refractivity contribution < 1.29 is 8.42 Å². The molecule has 17 heavy (non-hydrogen) atoms. The normalized spacial score (nSPS) is 28.5. The third kappa shape index (κ3) is 4.23. The summed E-state index contributed by atoms with van der Waals surface area (Å²) in [6.07, 6.45) is 3.85. The highest BCUT2D eigenvalue weighted by molar-refractivity contribution is 7.91. The summed E-state index contributed by atoms with van der Waals surface area (Å²) >= 11 is 0. The van der Waals surface area contributed by atoms with Gasteiger partial charge < -0.3 is 11.1 Å². The zero-order valence-electron chi connectivity index (χ0n) is 11.0. The zero-order valence-corrected chi connectivity index (χ0v) is 11.9. The molecule has 0 aliphatic carbocycles. The van der Waals surface area contributed by atoms with Gasteiger partial charge in [-0.25, -0.2) is 8.42 Å². The van der Waals surface area contributed by atoms with Crippen LogP contribution in [0.3, 0.4) is 0 Å². The van der Waals surface area contributed by atoms with E-state index in [4.69, 9.17) is 5.73 Å². The Balaban J connectivity index is 2.62. The lowest BCUT2D eigenvalue weighted by atomic mass is 9.93. The molecule has 0 spiro atoms. The molecule has 4 nitrogen and oxygen atoms in total. The minimum Gasteiger partial charge on any atom is -0.329 e. The highest BCUT2D eigenvalue weighted by Crippen LogP contribution is 2.22. The molecule has 1 heterocycles. The van der Waals surface area contributed by atoms with Crippen molar-refractivity contribution >= 4 is 9.84 Å². The third-order valence-electron chi connectivity index (χ3n) is 3.92. The van der Waals surface area contributed by atoms with Crippen LogP contribution < -0.4 is 11.1 Å². The Morgan fingerprint density at radius 2 is 2.00 bits per heavy atom. The molecule has 0 amide bonds. The maximum atomic E-state index is 11.7. The number of hydrogen-bond donors (Lipinski definition) is 2. The molecule has 1 aliphatic heterocycles. The minimum atomic E-state index is -2.91. The highest BCUT2D eigenvalue weighted by Gasteiger charge is 2.37. The van der Waals surface area contributed by atoms with Gasteiger partial charge in [0.05, 0.1) is 11.5 Å². The fourth-order valence-electron chi connectivity index (χ4n) is 2.51. The van der Waals surface area contributed by atoms with Crippen molar-refractivity contribution in [2.45, 2.75) is 45.1 Å². The molecule has 0 aromatic heterocycles. The van der Waals surface area contributed by atoms with Gasteiger partial charge in [-0.1, -0.05) is 26.7 Å². The van der Waals surface area contributed by atoms with E-state index < -0.39 is 9.84 Å². The Morgan fingerprint density at radius 1 is 1.35 bits per heavy atom. The standard InChI is InChI=1S/C12H26N2O2S/c1-3-11(4-2)8-14-12(9-13)6-5-7-17(15,16)10-12/h11,14H,3-10,13H2,1-2H3. The monoisotopic (exact) mass is 262 g/mol. The van der Waals surface area contributed by atoms with E-state index >= 15 is 0 Å². The Labute approximate surface area is 105 Å². The minimum absolute atomic E-state index is 0.205. The van der Waals surface area contributed by atoms with Gasteiger partial charge in [-0.15, -0.1) is 0 Å². The second-order valence-corrected chi connectivity index (χ2v) is 7.43. The van der Waals surface area contributed by atoms with E-state index in [1.165, 1.54) is 0 Å². The predicted molar refractivity (Wildman–Crippen MR) is 71.7 cm³/mol. The van der Waals surface area contributed by atoms with Crippen molar-refractivity contribution in [1.29, 1.82) is 0 Å². The molecule has 1 rings (SSSR count). The van der Waals surface area contributed by atoms with Crippen molar-refractivity contribution in [3.8, 4) is 0 Å². The van der Waals surface area contributed by atoms with Gasteiger partial charge in [0, 0.05) is 12.1 Å². The SMILES string of the molecule is CCC(CC)CNC1(CN)CCCS(=O)(=O)C1. The molecular weight excluding hydrogens is 236 g/mol. The summed E-state index contributed by atoms with van der Waals surface area (Å²) < 4.78 is 23.4. The van der Waals surface area contributed by atoms with Gasteiger partial charge in [0.15, 0.2) is 9.84 Å². The summed E-state index contributed by atoms with van der Waals surface area (Å²) in [5.74, 6) is 1.14. The van der Waals surface area contributed by atoms with Gasteiger partial charge in [0.1, 0.15) is 0 Å². The van der Waals surface area contributed by atoms with Crippen LogP contribution in [0, 0.1) is 5.92 Å². The van der Waals surface area contributed by atoms with Gasteiger partial charge in [-0.2, -0.15) is 0 Å². The fourth-order valence-corrected chi connectivity index (χ4v) is 4.44. The summed E-state index contributed by atoms with van der Waals surface area (Å²) in [6.45, 7) is 5.62. The molecule has 0 aromatic carbocycles. The van der Waals surface area contributed by atoms with Crippen LogP contribution in [0.1, 0.15) is 39.5 Å². The van der Waals surface area contributed by atoms with Crippen molar-refractivity contribution in [2.75, 3.05) is 24.6 Å². The Bertz CT molecular complexity index is 325. The maximum absolute atomic E-state index is 11.7. The van der Waals surface area contributed by atoms with Crippen LogP contribution in [-0.2, 0) is 9.84 Å². The van der Waals surface area contributed by atoms with Crippen molar-refractivity contribution in [2.24, 2.45) is 11.7 Å². The molecule has 1 aliphatic rings. The lowest BCUT2D eigenvalue weighted by molar-refractivity contribution is 0.296. The Kier molecular flexibility index (Phi) is 5.41. The molecule has 102 valence electrons. The predicted octanol–water partition coefficient (Wildman–Crippen LogP) is 0.918. The number of hydrogen-bond acceptors (Lipinski definition) is 4. The molecule has 5 heteroatoms. The van der Waals surface area contributed by atoms with Crippen LogP contribution in [0.4, 0.5) is 0 Å². The summed E-state index contributed by atoms with van der Waals surface area (Å²) in [7, 11) is -2.91. The van der Waals surface area contributed by atoms with Crippen LogP contribution in [0.2, 0.25) is 0 Å². The maximum Gasteiger partial charge on any atom is 0.152 e. The van der Waals surface area contributed by atoms with Crippen molar-refractivity contribution in [3.63, 3.8) is 0 Å². The number of sulfone groups is 1. The largest absolute Gasteiger partial charge is 0.329 e. The number of nitrogens with one attached hydrogen (secondary N) is 1. The molecule has 3 N–H and O–H groups in total. The summed E-state index contributed by atoms with van der Waals surface area (Å²) in [6, 6.07) is 0. The Hall–Kier alpha value is -0.130. The van der Waals surface area contributed by atoms with Crippen LogP contribution in [0.5, 0.6) is 0 Å². The summed E-state index contributed by atoms with van der Waals surface area (Å²) in [5.41, 5.74) is 5.43. The summed E-state index contributed by atoms with van der Waals surface area (Å²) in [5, 5.41) is 3.44.